The van der Waals surface area contributed by atoms with Crippen molar-refractivity contribution in [3.05, 3.63) is 0 Å². The van der Waals surface area contributed by atoms with Crippen LogP contribution in [0.1, 0.15) is 90.4 Å². The lowest BCUT2D eigenvalue weighted by molar-refractivity contribution is -0.153. The third-order valence-corrected chi connectivity index (χ3v) is 4.12. The van der Waals surface area contributed by atoms with Crippen LogP contribution in [0.3, 0.4) is 0 Å². The van der Waals surface area contributed by atoms with E-state index in [1.54, 1.807) is 0 Å². The molecule has 0 aromatic carbocycles. The summed E-state index contributed by atoms with van der Waals surface area (Å²) in [7, 11) is 0. The van der Waals surface area contributed by atoms with Gasteiger partial charge < -0.3 is 9.47 Å². The van der Waals surface area contributed by atoms with Gasteiger partial charge in [0, 0.05) is 12.8 Å². The van der Waals surface area contributed by atoms with Crippen molar-refractivity contribution >= 4 is 11.9 Å². The van der Waals surface area contributed by atoms with Gasteiger partial charge in [0.2, 0.25) is 0 Å². The quantitative estimate of drug-likeness (QED) is 0.370. The molecule has 0 saturated heterocycles. The Hall–Kier alpha value is -1.06. The normalized spacial score (nSPS) is 14.4. The van der Waals surface area contributed by atoms with Crippen molar-refractivity contribution < 1.29 is 19.1 Å². The lowest BCUT2D eigenvalue weighted by atomic mass is 9.96. The SMILES string of the molecule is CCCCCCCCOC(=O)CCCCC(=O)OC1CCC1. The zero-order valence-corrected chi connectivity index (χ0v) is 14.1. The number of hydrogen-bond acceptors (Lipinski definition) is 4. The number of rotatable bonds is 13. The molecule has 22 heavy (non-hydrogen) atoms. The molecule has 1 aliphatic rings. The molecule has 1 saturated carbocycles. The Morgan fingerprint density at radius 1 is 0.864 bits per heavy atom. The van der Waals surface area contributed by atoms with Crippen LogP contribution in [-0.2, 0) is 19.1 Å². The van der Waals surface area contributed by atoms with E-state index in [0.29, 0.717) is 32.3 Å². The van der Waals surface area contributed by atoms with Crippen LogP contribution in [0, 0.1) is 0 Å². The average Bonchev–Trinajstić information content (AvgIpc) is 2.46. The molecule has 0 aromatic rings. The summed E-state index contributed by atoms with van der Waals surface area (Å²) in [6.45, 7) is 2.74. The first-order valence-corrected chi connectivity index (χ1v) is 9.07. The summed E-state index contributed by atoms with van der Waals surface area (Å²) in [6, 6.07) is 0. The molecule has 0 N–H and O–H groups in total. The Kier molecular flexibility index (Phi) is 10.8. The van der Waals surface area contributed by atoms with Crippen LogP contribution in [0.2, 0.25) is 0 Å². The maximum absolute atomic E-state index is 11.5. The van der Waals surface area contributed by atoms with Gasteiger partial charge in [-0.05, 0) is 38.5 Å². The smallest absolute Gasteiger partial charge is 0.306 e. The van der Waals surface area contributed by atoms with Crippen LogP contribution in [0.15, 0.2) is 0 Å². The number of unbranched alkanes of at least 4 members (excludes halogenated alkanes) is 6. The van der Waals surface area contributed by atoms with E-state index < -0.39 is 0 Å². The fourth-order valence-electron chi connectivity index (χ4n) is 2.41. The first kappa shape index (κ1) is 19.0. The fourth-order valence-corrected chi connectivity index (χ4v) is 2.41. The second kappa shape index (κ2) is 12.5. The largest absolute Gasteiger partial charge is 0.466 e. The molecule has 0 unspecified atom stereocenters. The second-order valence-corrected chi connectivity index (χ2v) is 6.24. The molecule has 0 spiro atoms. The molecule has 0 atom stereocenters. The number of carbonyl (C=O) groups excluding carboxylic acids is 2. The third-order valence-electron chi connectivity index (χ3n) is 4.12. The molecular formula is C18H32O4. The summed E-state index contributed by atoms with van der Waals surface area (Å²) in [6.07, 6.45) is 12.7. The Labute approximate surface area is 134 Å². The molecule has 128 valence electrons. The zero-order chi connectivity index (χ0) is 16.0. The van der Waals surface area contributed by atoms with E-state index in [1.165, 1.54) is 32.1 Å². The highest BCUT2D eigenvalue weighted by Gasteiger charge is 2.21. The lowest BCUT2D eigenvalue weighted by Gasteiger charge is -2.25. The Balaban J connectivity index is 1.83. The van der Waals surface area contributed by atoms with Gasteiger partial charge in [-0.2, -0.15) is 0 Å². The Bertz CT molecular complexity index is 310. The van der Waals surface area contributed by atoms with Gasteiger partial charge in [0.1, 0.15) is 6.10 Å². The second-order valence-electron chi connectivity index (χ2n) is 6.24. The summed E-state index contributed by atoms with van der Waals surface area (Å²) in [5.41, 5.74) is 0. The number of esters is 2. The predicted octanol–water partition coefficient (Wildman–Crippen LogP) is 4.55. The van der Waals surface area contributed by atoms with Crippen molar-refractivity contribution in [1.29, 1.82) is 0 Å². The summed E-state index contributed by atoms with van der Waals surface area (Å²) in [5, 5.41) is 0. The van der Waals surface area contributed by atoms with Gasteiger partial charge in [0.05, 0.1) is 6.61 Å². The van der Waals surface area contributed by atoms with E-state index in [-0.39, 0.29) is 18.0 Å². The minimum Gasteiger partial charge on any atom is -0.466 e. The van der Waals surface area contributed by atoms with Gasteiger partial charge in [0.15, 0.2) is 0 Å². The van der Waals surface area contributed by atoms with Crippen LogP contribution < -0.4 is 0 Å². The molecule has 4 heteroatoms. The van der Waals surface area contributed by atoms with E-state index in [0.717, 1.165) is 25.7 Å². The van der Waals surface area contributed by atoms with Gasteiger partial charge in [-0.15, -0.1) is 0 Å². The van der Waals surface area contributed by atoms with Crippen molar-refractivity contribution in [2.45, 2.75) is 96.5 Å². The first-order valence-electron chi connectivity index (χ1n) is 9.07. The van der Waals surface area contributed by atoms with E-state index in [1.807, 2.05) is 0 Å². The average molecular weight is 312 g/mol. The molecule has 1 aliphatic carbocycles. The Morgan fingerprint density at radius 3 is 2.14 bits per heavy atom. The number of carbonyl (C=O) groups is 2. The molecule has 0 bridgehead atoms. The Morgan fingerprint density at radius 2 is 1.50 bits per heavy atom. The molecule has 0 aliphatic heterocycles. The van der Waals surface area contributed by atoms with Gasteiger partial charge in [-0.1, -0.05) is 39.0 Å². The third kappa shape index (κ3) is 9.80. The summed E-state index contributed by atoms with van der Waals surface area (Å²) >= 11 is 0. The van der Waals surface area contributed by atoms with Crippen LogP contribution in [0.4, 0.5) is 0 Å². The zero-order valence-electron chi connectivity index (χ0n) is 14.1. The molecule has 0 aromatic heterocycles. The summed E-state index contributed by atoms with van der Waals surface area (Å²) in [4.78, 5) is 23.0. The molecule has 1 fully saturated rings. The van der Waals surface area contributed by atoms with Crippen LogP contribution >= 0.6 is 0 Å². The van der Waals surface area contributed by atoms with E-state index >= 15 is 0 Å². The highest BCUT2D eigenvalue weighted by Crippen LogP contribution is 2.22. The van der Waals surface area contributed by atoms with Crippen LogP contribution in [-0.4, -0.2) is 24.6 Å². The maximum atomic E-state index is 11.5. The van der Waals surface area contributed by atoms with Crippen molar-refractivity contribution in [3.8, 4) is 0 Å². The molecular weight excluding hydrogens is 280 g/mol. The van der Waals surface area contributed by atoms with Gasteiger partial charge in [-0.3, -0.25) is 9.59 Å². The van der Waals surface area contributed by atoms with E-state index in [2.05, 4.69) is 6.92 Å². The summed E-state index contributed by atoms with van der Waals surface area (Å²) < 4.78 is 10.4. The highest BCUT2D eigenvalue weighted by atomic mass is 16.5. The first-order chi connectivity index (χ1) is 10.7. The lowest BCUT2D eigenvalue weighted by Crippen LogP contribution is -2.24. The molecule has 0 heterocycles. The minimum absolute atomic E-state index is 0.120. The van der Waals surface area contributed by atoms with E-state index in [4.69, 9.17) is 9.47 Å². The van der Waals surface area contributed by atoms with Crippen molar-refractivity contribution in [2.75, 3.05) is 6.61 Å². The summed E-state index contributed by atoms with van der Waals surface area (Å²) in [5.74, 6) is -0.258. The van der Waals surface area contributed by atoms with Crippen LogP contribution in [0.25, 0.3) is 0 Å². The van der Waals surface area contributed by atoms with Crippen molar-refractivity contribution in [2.24, 2.45) is 0 Å². The van der Waals surface area contributed by atoms with Crippen LogP contribution in [0.5, 0.6) is 0 Å². The standard InChI is InChI=1S/C18H32O4/c1-2-3-4-5-6-9-15-21-17(19)13-7-8-14-18(20)22-16-11-10-12-16/h16H,2-15H2,1H3. The van der Waals surface area contributed by atoms with Gasteiger partial charge >= 0.3 is 11.9 Å². The molecule has 1 rings (SSSR count). The predicted molar refractivity (Wildman–Crippen MR) is 86.5 cm³/mol. The fraction of sp³-hybridized carbons (Fsp3) is 0.889. The molecule has 0 amide bonds. The highest BCUT2D eigenvalue weighted by molar-refractivity contribution is 5.70. The monoisotopic (exact) mass is 312 g/mol. The van der Waals surface area contributed by atoms with Crippen molar-refractivity contribution in [1.82, 2.24) is 0 Å². The topological polar surface area (TPSA) is 52.6 Å². The molecule has 4 nitrogen and oxygen atoms in total. The number of hydrogen-bond donors (Lipinski definition) is 0. The number of ether oxygens (including phenoxy) is 2. The maximum Gasteiger partial charge on any atom is 0.306 e. The van der Waals surface area contributed by atoms with E-state index in [9.17, 15) is 9.59 Å². The van der Waals surface area contributed by atoms with Gasteiger partial charge in [-0.25, -0.2) is 0 Å². The molecule has 0 radical (unpaired) electrons. The van der Waals surface area contributed by atoms with Crippen molar-refractivity contribution in [3.63, 3.8) is 0 Å². The van der Waals surface area contributed by atoms with Gasteiger partial charge in [0.25, 0.3) is 0 Å². The minimum atomic E-state index is -0.138.